The third kappa shape index (κ3) is 4.88. The van der Waals surface area contributed by atoms with Gasteiger partial charge in [-0.3, -0.25) is 14.5 Å². The predicted molar refractivity (Wildman–Crippen MR) is 106 cm³/mol. The number of hydrogen-bond acceptors (Lipinski definition) is 5. The normalized spacial score (nSPS) is 18.6. The Morgan fingerprint density at radius 1 is 1.06 bits per heavy atom. The van der Waals surface area contributed by atoms with Gasteiger partial charge in [-0.1, -0.05) is 12.1 Å². The first-order valence-electron chi connectivity index (χ1n) is 9.92. The Morgan fingerprint density at radius 3 is 2.25 bits per heavy atom. The van der Waals surface area contributed by atoms with Crippen LogP contribution >= 0.6 is 0 Å². The fourth-order valence-corrected chi connectivity index (χ4v) is 5.31. The molecule has 2 heterocycles. The largest absolute Gasteiger partial charge is 0.417 e. The summed E-state index contributed by atoms with van der Waals surface area (Å²) in [6.45, 7) is -0.0770. The van der Waals surface area contributed by atoms with Crippen LogP contribution in [0.2, 0.25) is 0 Å². The van der Waals surface area contributed by atoms with Crippen LogP contribution in [0.25, 0.3) is 0 Å². The summed E-state index contributed by atoms with van der Waals surface area (Å²) in [6.07, 6.45) is -4.49. The Morgan fingerprint density at radius 2 is 1.69 bits per heavy atom. The zero-order valence-electron chi connectivity index (χ0n) is 17.3. The van der Waals surface area contributed by atoms with Gasteiger partial charge in [-0.25, -0.2) is 13.2 Å². The number of halogens is 3. The Balaban J connectivity index is 1.55. The Kier molecular flexibility index (Phi) is 6.79. The molecule has 13 heteroatoms. The topological polar surface area (TPSA) is 98.3 Å². The molecule has 0 bridgehead atoms. The van der Waals surface area contributed by atoms with E-state index < -0.39 is 32.7 Å². The average Bonchev–Trinajstić information content (AvgIpc) is 2.99. The molecular formula is C19H23F3N4O5S. The van der Waals surface area contributed by atoms with Crippen LogP contribution in [0.1, 0.15) is 18.4 Å². The maximum Gasteiger partial charge on any atom is 0.417 e. The average molecular weight is 476 g/mol. The number of urea groups is 1. The molecule has 1 aromatic carbocycles. The van der Waals surface area contributed by atoms with E-state index in [4.69, 9.17) is 0 Å². The summed E-state index contributed by atoms with van der Waals surface area (Å²) in [6, 6.07) is 3.59. The molecule has 0 aliphatic carbocycles. The minimum atomic E-state index is -4.81. The highest BCUT2D eigenvalue weighted by Gasteiger charge is 2.40. The van der Waals surface area contributed by atoms with E-state index in [-0.39, 0.29) is 63.9 Å². The molecule has 0 N–H and O–H groups in total. The lowest BCUT2D eigenvalue weighted by atomic mass is 10.2. The molecule has 1 aromatic rings. The second-order valence-electron chi connectivity index (χ2n) is 7.57. The zero-order valence-corrected chi connectivity index (χ0v) is 18.2. The van der Waals surface area contributed by atoms with Gasteiger partial charge < -0.3 is 9.80 Å². The van der Waals surface area contributed by atoms with E-state index in [1.165, 1.54) is 22.9 Å². The summed E-state index contributed by atoms with van der Waals surface area (Å²) in [5, 5.41) is 0. The minimum absolute atomic E-state index is 0.000675. The number of imide groups is 1. The third-order valence-corrected chi connectivity index (χ3v) is 7.36. The molecular weight excluding hydrogens is 453 g/mol. The molecule has 3 rings (SSSR count). The molecule has 0 aromatic heterocycles. The third-order valence-electron chi connectivity index (χ3n) is 5.40. The summed E-state index contributed by atoms with van der Waals surface area (Å²) in [5.41, 5.74) is -1.23. The molecule has 2 fully saturated rings. The molecule has 0 saturated carbocycles. The molecule has 9 nitrogen and oxygen atoms in total. The second-order valence-corrected chi connectivity index (χ2v) is 9.47. The first-order chi connectivity index (χ1) is 14.9. The monoisotopic (exact) mass is 476 g/mol. The number of hydrogen-bond donors (Lipinski definition) is 0. The molecule has 0 radical (unpaired) electrons. The van der Waals surface area contributed by atoms with Crippen molar-refractivity contribution in [2.45, 2.75) is 23.9 Å². The van der Waals surface area contributed by atoms with Crippen molar-refractivity contribution in [3.63, 3.8) is 0 Å². The Labute approximate surface area is 183 Å². The van der Waals surface area contributed by atoms with Gasteiger partial charge in [0, 0.05) is 46.2 Å². The number of rotatable bonds is 6. The number of benzene rings is 1. The maximum atomic E-state index is 13.2. The van der Waals surface area contributed by atoms with E-state index in [0.717, 1.165) is 27.4 Å². The Bertz CT molecular complexity index is 1010. The summed E-state index contributed by atoms with van der Waals surface area (Å²) < 4.78 is 66.2. The number of likely N-dealkylation sites (N-methyl/N-ethyl adjacent to an activating group) is 1. The molecule has 176 valence electrons. The van der Waals surface area contributed by atoms with Crippen molar-refractivity contribution in [1.82, 2.24) is 19.0 Å². The van der Waals surface area contributed by atoms with Crippen LogP contribution in [0, 0.1) is 0 Å². The van der Waals surface area contributed by atoms with E-state index in [9.17, 15) is 36.0 Å². The van der Waals surface area contributed by atoms with Gasteiger partial charge in [0.15, 0.2) is 0 Å². The van der Waals surface area contributed by atoms with Crippen LogP contribution in [0.3, 0.4) is 0 Å². The van der Waals surface area contributed by atoms with Crippen LogP contribution in [0.4, 0.5) is 18.0 Å². The quantitative estimate of drug-likeness (QED) is 0.575. The molecule has 0 unspecified atom stereocenters. The zero-order chi connectivity index (χ0) is 23.7. The molecule has 32 heavy (non-hydrogen) atoms. The van der Waals surface area contributed by atoms with Gasteiger partial charge in [0.2, 0.25) is 21.8 Å². The first-order valence-corrected chi connectivity index (χ1v) is 11.4. The fraction of sp³-hybridized carbons (Fsp3) is 0.526. The van der Waals surface area contributed by atoms with Gasteiger partial charge in [0.25, 0.3) is 0 Å². The van der Waals surface area contributed by atoms with Gasteiger partial charge in [-0.2, -0.15) is 17.5 Å². The van der Waals surface area contributed by atoms with Crippen molar-refractivity contribution in [2.24, 2.45) is 0 Å². The molecule has 0 spiro atoms. The SMILES string of the molecule is CN1CC(=O)N(CCCC(=O)N2CCN(S(=O)(=O)c3ccccc3C(F)(F)F)CC2)C1=O. The molecule has 4 amide bonds. The van der Waals surface area contributed by atoms with Crippen LogP contribution in [0.15, 0.2) is 29.2 Å². The van der Waals surface area contributed by atoms with Crippen LogP contribution < -0.4 is 0 Å². The van der Waals surface area contributed by atoms with Crippen LogP contribution in [-0.4, -0.2) is 91.6 Å². The van der Waals surface area contributed by atoms with Crippen molar-refractivity contribution in [3.8, 4) is 0 Å². The van der Waals surface area contributed by atoms with Crippen LogP contribution in [-0.2, 0) is 25.8 Å². The number of carbonyl (C=O) groups is 3. The van der Waals surface area contributed by atoms with Gasteiger partial charge in [0.1, 0.15) is 6.54 Å². The van der Waals surface area contributed by atoms with E-state index in [1.807, 2.05) is 0 Å². The summed E-state index contributed by atoms with van der Waals surface area (Å²) in [5.74, 6) is -0.604. The molecule has 2 aliphatic rings. The van der Waals surface area contributed by atoms with Crippen molar-refractivity contribution < 1.29 is 36.0 Å². The number of sulfonamides is 1. The fourth-order valence-electron chi connectivity index (χ4n) is 3.68. The summed E-state index contributed by atoms with van der Waals surface area (Å²) in [7, 11) is -2.88. The maximum absolute atomic E-state index is 13.2. The smallest absolute Gasteiger partial charge is 0.340 e. The standard InChI is InChI=1S/C19H23F3N4O5S/c1-23-13-17(28)26(18(23)29)8-4-7-16(27)24-9-11-25(12-10-24)32(30,31)15-6-3-2-5-14(15)19(20,21)22/h2-3,5-6H,4,7-13H2,1H3. The predicted octanol–water partition coefficient (Wildman–Crippen LogP) is 1.21. The number of carbonyl (C=O) groups excluding carboxylic acids is 3. The number of amides is 4. The molecule has 2 aliphatic heterocycles. The van der Waals surface area contributed by atoms with Crippen molar-refractivity contribution in [1.29, 1.82) is 0 Å². The molecule has 0 atom stereocenters. The molecule has 2 saturated heterocycles. The lowest BCUT2D eigenvalue weighted by Gasteiger charge is -2.34. The van der Waals surface area contributed by atoms with Gasteiger partial charge in [-0.05, 0) is 18.6 Å². The first kappa shape index (κ1) is 24.0. The van der Waals surface area contributed by atoms with E-state index in [2.05, 4.69) is 0 Å². The lowest BCUT2D eigenvalue weighted by Crippen LogP contribution is -2.50. The van der Waals surface area contributed by atoms with Gasteiger partial charge in [0.05, 0.1) is 10.5 Å². The summed E-state index contributed by atoms with van der Waals surface area (Å²) >= 11 is 0. The van der Waals surface area contributed by atoms with Crippen molar-refractivity contribution in [2.75, 3.05) is 46.3 Å². The van der Waals surface area contributed by atoms with Gasteiger partial charge >= 0.3 is 12.2 Å². The van der Waals surface area contributed by atoms with Crippen molar-refractivity contribution in [3.05, 3.63) is 29.8 Å². The van der Waals surface area contributed by atoms with Crippen LogP contribution in [0.5, 0.6) is 0 Å². The van der Waals surface area contributed by atoms with Gasteiger partial charge in [-0.15, -0.1) is 0 Å². The highest BCUT2D eigenvalue weighted by Crippen LogP contribution is 2.35. The lowest BCUT2D eigenvalue weighted by molar-refractivity contribution is -0.140. The van der Waals surface area contributed by atoms with Crippen molar-refractivity contribution >= 4 is 27.9 Å². The highest BCUT2D eigenvalue weighted by atomic mass is 32.2. The number of piperazine rings is 1. The van der Waals surface area contributed by atoms with E-state index in [0.29, 0.717) is 0 Å². The summed E-state index contributed by atoms with van der Waals surface area (Å²) in [4.78, 5) is 39.0. The Hall–Kier alpha value is -2.67. The number of alkyl halides is 3. The van der Waals surface area contributed by atoms with E-state index in [1.54, 1.807) is 0 Å². The number of nitrogens with zero attached hydrogens (tertiary/aromatic N) is 4. The second kappa shape index (κ2) is 9.06. The van der Waals surface area contributed by atoms with E-state index >= 15 is 0 Å². The minimum Gasteiger partial charge on any atom is -0.340 e. The highest BCUT2D eigenvalue weighted by molar-refractivity contribution is 7.89.